The number of nitrogens with one attached hydrogen (secondary N) is 1. The summed E-state index contributed by atoms with van der Waals surface area (Å²) in [5.41, 5.74) is 3.01. The number of carbonyl (C=O) groups excluding carboxylic acids is 1. The number of fused-ring (bicyclic) bond motifs is 1. The fourth-order valence-corrected chi connectivity index (χ4v) is 4.93. The van der Waals surface area contributed by atoms with Crippen LogP contribution in [0.3, 0.4) is 0 Å². The molecular weight excluding hydrogens is 384 g/mol. The molecule has 7 nitrogen and oxygen atoms in total. The lowest BCUT2D eigenvalue weighted by molar-refractivity contribution is -0.121. The molecule has 1 unspecified atom stereocenters. The lowest BCUT2D eigenvalue weighted by Crippen LogP contribution is -2.40. The number of hydrogen-bond acceptors (Lipinski definition) is 6. The second-order valence-electron chi connectivity index (χ2n) is 7.86. The molecule has 4 heterocycles. The van der Waals surface area contributed by atoms with Gasteiger partial charge in [0.25, 0.3) is 5.78 Å². The Bertz CT molecular complexity index is 967. The smallest absolute Gasteiger partial charge is 0.252 e. The van der Waals surface area contributed by atoms with Crippen molar-refractivity contribution in [2.45, 2.75) is 46.1 Å². The third-order valence-electron chi connectivity index (χ3n) is 5.74. The number of hydrogen-bond donors (Lipinski definition) is 1. The Kier molecular flexibility index (Phi) is 6.20. The van der Waals surface area contributed by atoms with E-state index in [0.29, 0.717) is 24.5 Å². The maximum atomic E-state index is 12.5. The van der Waals surface area contributed by atoms with Gasteiger partial charge in [0, 0.05) is 42.3 Å². The zero-order valence-corrected chi connectivity index (χ0v) is 17.9. The minimum atomic E-state index is 0.109. The van der Waals surface area contributed by atoms with E-state index in [1.54, 1.807) is 4.52 Å². The minimum absolute atomic E-state index is 0.109. The first-order chi connectivity index (χ1) is 14.1. The van der Waals surface area contributed by atoms with Crippen molar-refractivity contribution in [1.29, 1.82) is 0 Å². The predicted molar refractivity (Wildman–Crippen MR) is 114 cm³/mol. The largest absolute Gasteiger partial charge is 0.356 e. The molecule has 0 radical (unpaired) electrons. The molecule has 1 N–H and O–H groups in total. The van der Waals surface area contributed by atoms with Crippen LogP contribution in [0.25, 0.3) is 5.78 Å². The number of carbonyl (C=O) groups is 1. The zero-order valence-electron chi connectivity index (χ0n) is 17.1. The van der Waals surface area contributed by atoms with E-state index in [4.69, 9.17) is 0 Å². The van der Waals surface area contributed by atoms with Crippen LogP contribution < -0.4 is 5.32 Å². The molecule has 0 bridgehead atoms. The molecule has 0 saturated carbocycles. The molecule has 1 aliphatic rings. The number of piperidine rings is 1. The Morgan fingerprint density at radius 3 is 3.10 bits per heavy atom. The van der Waals surface area contributed by atoms with Crippen LogP contribution in [0.1, 0.15) is 41.1 Å². The molecule has 1 atom stereocenters. The van der Waals surface area contributed by atoms with Gasteiger partial charge in [-0.05, 0) is 62.6 Å². The number of thiophene rings is 1. The Morgan fingerprint density at radius 2 is 2.28 bits per heavy atom. The molecule has 29 heavy (non-hydrogen) atoms. The molecule has 1 saturated heterocycles. The van der Waals surface area contributed by atoms with Crippen molar-refractivity contribution in [2.24, 2.45) is 5.92 Å². The topological polar surface area (TPSA) is 75.4 Å². The molecule has 4 rings (SSSR count). The van der Waals surface area contributed by atoms with E-state index in [1.165, 1.54) is 24.0 Å². The Balaban J connectivity index is 1.26. The molecule has 8 heteroatoms. The van der Waals surface area contributed by atoms with Crippen LogP contribution in [-0.4, -0.2) is 50.0 Å². The van der Waals surface area contributed by atoms with Gasteiger partial charge in [-0.3, -0.25) is 9.69 Å². The number of amides is 1. The van der Waals surface area contributed by atoms with Crippen molar-refractivity contribution in [3.63, 3.8) is 0 Å². The van der Waals surface area contributed by atoms with E-state index in [0.717, 1.165) is 43.1 Å². The van der Waals surface area contributed by atoms with Crippen molar-refractivity contribution in [1.82, 2.24) is 29.8 Å². The summed E-state index contributed by atoms with van der Waals surface area (Å²) in [5, 5.41) is 9.51. The van der Waals surface area contributed by atoms with E-state index in [2.05, 4.69) is 42.8 Å². The van der Waals surface area contributed by atoms with Crippen LogP contribution >= 0.6 is 11.3 Å². The Labute approximate surface area is 175 Å². The maximum absolute atomic E-state index is 12.5. The van der Waals surface area contributed by atoms with Gasteiger partial charge in [0.2, 0.25) is 5.91 Å². The SMILES string of the molecule is Cc1nc2ncnn2c(C)c1CCC(=O)NCC1CCCN(Cc2cccs2)C1. The highest BCUT2D eigenvalue weighted by molar-refractivity contribution is 7.09. The molecule has 1 amide bonds. The Morgan fingerprint density at radius 1 is 1.38 bits per heavy atom. The van der Waals surface area contributed by atoms with Crippen molar-refractivity contribution >= 4 is 23.0 Å². The highest BCUT2D eigenvalue weighted by Gasteiger charge is 2.21. The fourth-order valence-electron chi connectivity index (χ4n) is 4.19. The highest BCUT2D eigenvalue weighted by atomic mass is 32.1. The van der Waals surface area contributed by atoms with Gasteiger partial charge in [-0.25, -0.2) is 9.50 Å². The summed E-state index contributed by atoms with van der Waals surface area (Å²) in [4.78, 5) is 25.0. The summed E-state index contributed by atoms with van der Waals surface area (Å²) >= 11 is 1.82. The van der Waals surface area contributed by atoms with Crippen molar-refractivity contribution in [2.75, 3.05) is 19.6 Å². The van der Waals surface area contributed by atoms with Crippen LogP contribution in [0.4, 0.5) is 0 Å². The molecule has 3 aromatic heterocycles. The summed E-state index contributed by atoms with van der Waals surface area (Å²) in [6.45, 7) is 7.98. The van der Waals surface area contributed by atoms with Crippen LogP contribution in [-0.2, 0) is 17.8 Å². The number of aromatic nitrogens is 4. The molecule has 0 spiro atoms. The van der Waals surface area contributed by atoms with Crippen molar-refractivity contribution < 1.29 is 4.79 Å². The third-order valence-corrected chi connectivity index (χ3v) is 6.60. The summed E-state index contributed by atoms with van der Waals surface area (Å²) < 4.78 is 1.74. The van der Waals surface area contributed by atoms with Gasteiger partial charge in [-0.1, -0.05) is 6.07 Å². The van der Waals surface area contributed by atoms with Crippen LogP contribution in [0.2, 0.25) is 0 Å². The standard InChI is InChI=1S/C21H28N6OS/c1-15-19(16(2)27-21(25-15)23-14-24-27)7-8-20(28)22-11-17-5-3-9-26(12-17)13-18-6-4-10-29-18/h4,6,10,14,17H,3,5,7-9,11-13H2,1-2H3,(H,22,28). The minimum Gasteiger partial charge on any atom is -0.356 e. The number of nitrogens with zero attached hydrogens (tertiary/aromatic N) is 5. The first-order valence-corrected chi connectivity index (χ1v) is 11.2. The summed E-state index contributed by atoms with van der Waals surface area (Å²) in [5.74, 6) is 1.25. The molecule has 3 aromatic rings. The van der Waals surface area contributed by atoms with Crippen molar-refractivity contribution in [3.8, 4) is 0 Å². The van der Waals surface area contributed by atoms with E-state index >= 15 is 0 Å². The summed E-state index contributed by atoms with van der Waals surface area (Å²) in [6.07, 6.45) is 5.04. The first-order valence-electron chi connectivity index (χ1n) is 10.3. The average molecular weight is 413 g/mol. The predicted octanol–water partition coefficient (Wildman–Crippen LogP) is 2.76. The van der Waals surface area contributed by atoms with E-state index < -0.39 is 0 Å². The van der Waals surface area contributed by atoms with Gasteiger partial charge in [-0.2, -0.15) is 10.1 Å². The fraction of sp³-hybridized carbons (Fsp3) is 0.524. The van der Waals surface area contributed by atoms with Gasteiger partial charge in [0.1, 0.15) is 6.33 Å². The quantitative estimate of drug-likeness (QED) is 0.646. The number of likely N-dealkylation sites (tertiary alicyclic amines) is 1. The Hall–Kier alpha value is -2.32. The first kappa shape index (κ1) is 20.0. The van der Waals surface area contributed by atoms with Gasteiger partial charge >= 0.3 is 0 Å². The molecular formula is C21H28N6OS. The molecule has 1 aliphatic heterocycles. The van der Waals surface area contributed by atoms with E-state index in [1.807, 2.05) is 25.2 Å². The maximum Gasteiger partial charge on any atom is 0.252 e. The monoisotopic (exact) mass is 412 g/mol. The van der Waals surface area contributed by atoms with Crippen molar-refractivity contribution in [3.05, 3.63) is 45.7 Å². The zero-order chi connectivity index (χ0) is 20.2. The third kappa shape index (κ3) is 4.82. The second-order valence-corrected chi connectivity index (χ2v) is 8.89. The van der Waals surface area contributed by atoms with Gasteiger partial charge in [0.15, 0.2) is 0 Å². The molecule has 154 valence electrons. The molecule has 0 aromatic carbocycles. The van der Waals surface area contributed by atoms with Gasteiger partial charge < -0.3 is 5.32 Å². The average Bonchev–Trinajstić information content (AvgIpc) is 3.38. The lowest BCUT2D eigenvalue weighted by Gasteiger charge is -2.32. The molecule has 0 aliphatic carbocycles. The van der Waals surface area contributed by atoms with Crippen LogP contribution in [0.5, 0.6) is 0 Å². The summed E-state index contributed by atoms with van der Waals surface area (Å²) in [7, 11) is 0. The molecule has 1 fully saturated rings. The normalized spacial score (nSPS) is 17.7. The number of aryl methyl sites for hydroxylation is 2. The van der Waals surface area contributed by atoms with Gasteiger partial charge in [0.05, 0.1) is 0 Å². The lowest BCUT2D eigenvalue weighted by atomic mass is 9.97. The van der Waals surface area contributed by atoms with Crippen LogP contribution in [0.15, 0.2) is 23.8 Å². The second kappa shape index (κ2) is 9.00. The van der Waals surface area contributed by atoms with Gasteiger partial charge in [-0.15, -0.1) is 11.3 Å². The van der Waals surface area contributed by atoms with E-state index in [9.17, 15) is 4.79 Å². The van der Waals surface area contributed by atoms with E-state index in [-0.39, 0.29) is 5.91 Å². The highest BCUT2D eigenvalue weighted by Crippen LogP contribution is 2.20. The summed E-state index contributed by atoms with van der Waals surface area (Å²) in [6, 6.07) is 4.31. The van der Waals surface area contributed by atoms with Crippen LogP contribution in [0, 0.1) is 19.8 Å². The number of rotatable bonds is 7.